The number of phenolic OH excluding ortho intramolecular Hbond substituents is 2. The van der Waals surface area contributed by atoms with Crippen molar-refractivity contribution in [3.63, 3.8) is 0 Å². The second-order valence-electron chi connectivity index (χ2n) is 4.90. The zero-order valence-electron chi connectivity index (χ0n) is 9.83. The van der Waals surface area contributed by atoms with Gasteiger partial charge in [-0.15, -0.1) is 0 Å². The van der Waals surface area contributed by atoms with Crippen LogP contribution in [0.1, 0.15) is 32.3 Å². The molecule has 1 aromatic rings. The Hall–Kier alpha value is -1.22. The average Bonchev–Trinajstić information content (AvgIpc) is 2.26. The summed E-state index contributed by atoms with van der Waals surface area (Å²) in [5.74, 6) is -0.0831. The molecule has 0 radical (unpaired) electrons. The van der Waals surface area contributed by atoms with Gasteiger partial charge >= 0.3 is 0 Å². The first-order valence-electron chi connectivity index (χ1n) is 5.80. The van der Waals surface area contributed by atoms with Gasteiger partial charge in [-0.05, 0) is 44.0 Å². The molecule has 88 valence electrons. The summed E-state index contributed by atoms with van der Waals surface area (Å²) >= 11 is 0. The Kier molecular flexibility index (Phi) is 2.80. The van der Waals surface area contributed by atoms with E-state index in [0.29, 0.717) is 6.04 Å². The summed E-state index contributed by atoms with van der Waals surface area (Å²) in [7, 11) is 0. The predicted octanol–water partition coefficient (Wildman–Crippen LogP) is 2.13. The van der Waals surface area contributed by atoms with Gasteiger partial charge in [0.25, 0.3) is 0 Å². The number of nitrogens with one attached hydrogen (secondary N) is 1. The topological polar surface area (TPSA) is 52.5 Å². The summed E-state index contributed by atoms with van der Waals surface area (Å²) in [6, 6.07) is 5.53. The van der Waals surface area contributed by atoms with E-state index < -0.39 is 0 Å². The van der Waals surface area contributed by atoms with Gasteiger partial charge in [0.05, 0.1) is 0 Å². The van der Waals surface area contributed by atoms with Crippen LogP contribution < -0.4 is 5.32 Å². The van der Waals surface area contributed by atoms with E-state index >= 15 is 0 Å². The third-order valence-corrected chi connectivity index (χ3v) is 3.91. The molecule has 0 aliphatic carbocycles. The number of benzene rings is 1. The third kappa shape index (κ3) is 1.76. The first-order valence-corrected chi connectivity index (χ1v) is 5.80. The lowest BCUT2D eigenvalue weighted by atomic mass is 9.71. The first-order chi connectivity index (χ1) is 7.54. The summed E-state index contributed by atoms with van der Waals surface area (Å²) in [6.45, 7) is 5.43. The highest BCUT2D eigenvalue weighted by Gasteiger charge is 2.35. The molecular formula is C13H19NO2. The fourth-order valence-corrected chi connectivity index (χ4v) is 2.49. The van der Waals surface area contributed by atoms with Crippen LogP contribution in [0, 0.1) is 0 Å². The molecule has 0 saturated carbocycles. The molecule has 3 nitrogen and oxygen atoms in total. The normalized spacial score (nSPS) is 30.2. The fourth-order valence-electron chi connectivity index (χ4n) is 2.49. The van der Waals surface area contributed by atoms with Crippen molar-refractivity contribution in [2.75, 3.05) is 6.54 Å². The zero-order valence-corrected chi connectivity index (χ0v) is 9.83. The fraction of sp³-hybridized carbons (Fsp3) is 0.538. The lowest BCUT2D eigenvalue weighted by molar-refractivity contribution is 0.260. The summed E-state index contributed by atoms with van der Waals surface area (Å²) in [6.07, 6.45) is 2.24. The second-order valence-corrected chi connectivity index (χ2v) is 4.90. The van der Waals surface area contributed by atoms with Gasteiger partial charge in [0.1, 0.15) is 0 Å². The highest BCUT2D eigenvalue weighted by atomic mass is 16.3. The molecular weight excluding hydrogens is 202 g/mol. The maximum atomic E-state index is 9.56. The maximum absolute atomic E-state index is 9.56. The van der Waals surface area contributed by atoms with Gasteiger partial charge in [-0.3, -0.25) is 0 Å². The van der Waals surface area contributed by atoms with E-state index in [1.54, 1.807) is 12.1 Å². The minimum atomic E-state index is -0.0521. The summed E-state index contributed by atoms with van der Waals surface area (Å²) in [5.41, 5.74) is 1.12. The first kappa shape index (κ1) is 11.3. The van der Waals surface area contributed by atoms with Crippen molar-refractivity contribution in [2.45, 2.75) is 38.1 Å². The summed E-state index contributed by atoms with van der Waals surface area (Å²) < 4.78 is 0. The molecule has 0 bridgehead atoms. The van der Waals surface area contributed by atoms with Crippen molar-refractivity contribution in [2.24, 2.45) is 0 Å². The van der Waals surface area contributed by atoms with Gasteiger partial charge < -0.3 is 15.5 Å². The van der Waals surface area contributed by atoms with Crippen molar-refractivity contribution in [1.82, 2.24) is 5.32 Å². The molecule has 0 amide bonds. The molecule has 1 fully saturated rings. The minimum Gasteiger partial charge on any atom is -0.504 e. The SMILES string of the molecule is CC1NCCCC1(C)c1ccc(O)c(O)c1. The maximum Gasteiger partial charge on any atom is 0.157 e. The van der Waals surface area contributed by atoms with Crippen LogP contribution in [0.2, 0.25) is 0 Å². The molecule has 1 aliphatic heterocycles. The second kappa shape index (κ2) is 3.98. The van der Waals surface area contributed by atoms with Gasteiger partial charge in [0, 0.05) is 11.5 Å². The lowest BCUT2D eigenvalue weighted by Gasteiger charge is -2.41. The molecule has 1 aliphatic rings. The number of hydrogen-bond acceptors (Lipinski definition) is 3. The zero-order chi connectivity index (χ0) is 11.8. The molecule has 1 heterocycles. The van der Waals surface area contributed by atoms with Crippen LogP contribution in [0.5, 0.6) is 11.5 Å². The van der Waals surface area contributed by atoms with E-state index in [1.165, 1.54) is 0 Å². The van der Waals surface area contributed by atoms with E-state index in [9.17, 15) is 10.2 Å². The van der Waals surface area contributed by atoms with Crippen LogP contribution in [0.15, 0.2) is 18.2 Å². The van der Waals surface area contributed by atoms with E-state index in [-0.39, 0.29) is 16.9 Å². The van der Waals surface area contributed by atoms with Gasteiger partial charge in [-0.2, -0.15) is 0 Å². The Morgan fingerprint density at radius 1 is 1.31 bits per heavy atom. The predicted molar refractivity (Wildman–Crippen MR) is 63.8 cm³/mol. The Labute approximate surface area is 96.1 Å². The molecule has 2 atom stereocenters. The molecule has 3 heteroatoms. The van der Waals surface area contributed by atoms with Crippen molar-refractivity contribution >= 4 is 0 Å². The highest BCUT2D eigenvalue weighted by Crippen LogP contribution is 2.38. The summed E-state index contributed by atoms with van der Waals surface area (Å²) in [4.78, 5) is 0. The standard InChI is InChI=1S/C13H19NO2/c1-9-13(2,6-3-7-14-9)10-4-5-11(15)12(16)8-10/h4-5,8-9,14-16H,3,6-7H2,1-2H3. The van der Waals surface area contributed by atoms with E-state index in [0.717, 1.165) is 24.9 Å². The Morgan fingerprint density at radius 3 is 2.69 bits per heavy atom. The summed E-state index contributed by atoms with van der Waals surface area (Å²) in [5, 5.41) is 22.3. The smallest absolute Gasteiger partial charge is 0.157 e. The monoisotopic (exact) mass is 221 g/mol. The van der Waals surface area contributed by atoms with E-state index in [1.807, 2.05) is 6.07 Å². The number of aromatic hydroxyl groups is 2. The number of rotatable bonds is 1. The molecule has 3 N–H and O–H groups in total. The van der Waals surface area contributed by atoms with E-state index in [4.69, 9.17) is 0 Å². The largest absolute Gasteiger partial charge is 0.504 e. The Morgan fingerprint density at radius 2 is 2.06 bits per heavy atom. The molecule has 2 rings (SSSR count). The third-order valence-electron chi connectivity index (χ3n) is 3.91. The number of phenols is 2. The van der Waals surface area contributed by atoms with Crippen LogP contribution in [0.4, 0.5) is 0 Å². The number of hydrogen-bond donors (Lipinski definition) is 3. The van der Waals surface area contributed by atoms with E-state index in [2.05, 4.69) is 19.2 Å². The molecule has 2 unspecified atom stereocenters. The molecule has 0 spiro atoms. The van der Waals surface area contributed by atoms with Gasteiger partial charge in [0.15, 0.2) is 11.5 Å². The molecule has 1 saturated heterocycles. The molecule has 1 aromatic carbocycles. The van der Waals surface area contributed by atoms with Crippen LogP contribution >= 0.6 is 0 Å². The minimum absolute atomic E-state index is 0.0310. The average molecular weight is 221 g/mol. The van der Waals surface area contributed by atoms with Crippen molar-refractivity contribution in [3.8, 4) is 11.5 Å². The molecule has 16 heavy (non-hydrogen) atoms. The van der Waals surface area contributed by atoms with Gasteiger partial charge in [0.2, 0.25) is 0 Å². The Bertz CT molecular complexity index is 392. The van der Waals surface area contributed by atoms with Gasteiger partial charge in [-0.25, -0.2) is 0 Å². The number of piperidine rings is 1. The van der Waals surface area contributed by atoms with Crippen LogP contribution in [-0.2, 0) is 5.41 Å². The lowest BCUT2D eigenvalue weighted by Crippen LogP contribution is -2.49. The van der Waals surface area contributed by atoms with Gasteiger partial charge in [-0.1, -0.05) is 13.0 Å². The van der Waals surface area contributed by atoms with Crippen LogP contribution in [-0.4, -0.2) is 22.8 Å². The quantitative estimate of drug-likeness (QED) is 0.637. The van der Waals surface area contributed by atoms with Crippen molar-refractivity contribution in [1.29, 1.82) is 0 Å². The van der Waals surface area contributed by atoms with Crippen LogP contribution in [0.25, 0.3) is 0 Å². The highest BCUT2D eigenvalue weighted by molar-refractivity contribution is 5.43. The molecule has 0 aromatic heterocycles. The van der Waals surface area contributed by atoms with Crippen LogP contribution in [0.3, 0.4) is 0 Å². The Balaban J connectivity index is 2.37. The van der Waals surface area contributed by atoms with Crippen molar-refractivity contribution < 1.29 is 10.2 Å². The van der Waals surface area contributed by atoms with Crippen molar-refractivity contribution in [3.05, 3.63) is 23.8 Å².